The number of carbonyl (C=O) groups excluding carboxylic acids is 2. The molecule has 0 N–H and O–H groups in total. The van der Waals surface area contributed by atoms with Crippen molar-refractivity contribution in [3.05, 3.63) is 30.1 Å². The van der Waals surface area contributed by atoms with Crippen molar-refractivity contribution in [2.75, 3.05) is 13.6 Å². The third-order valence-electron chi connectivity index (χ3n) is 4.06. The lowest BCUT2D eigenvalue weighted by Gasteiger charge is -2.27. The van der Waals surface area contributed by atoms with Crippen molar-refractivity contribution in [2.24, 2.45) is 5.10 Å². The van der Waals surface area contributed by atoms with E-state index in [4.69, 9.17) is 0 Å². The molecule has 2 aliphatic heterocycles. The van der Waals surface area contributed by atoms with Crippen molar-refractivity contribution in [3.8, 4) is 0 Å². The second-order valence-corrected chi connectivity index (χ2v) is 5.40. The molecule has 1 aromatic rings. The third-order valence-corrected chi connectivity index (χ3v) is 4.06. The molecule has 21 heavy (non-hydrogen) atoms. The minimum atomic E-state index is -0.0475. The summed E-state index contributed by atoms with van der Waals surface area (Å²) >= 11 is 0. The summed E-state index contributed by atoms with van der Waals surface area (Å²) in [5.41, 5.74) is 1.59. The summed E-state index contributed by atoms with van der Waals surface area (Å²) in [5, 5.41) is 5.40. The van der Waals surface area contributed by atoms with Crippen LogP contribution in [0.5, 0.6) is 0 Å². The second kappa shape index (κ2) is 5.63. The first-order valence-electron chi connectivity index (χ1n) is 7.22. The number of nitrogens with zero attached hydrogens (tertiary/aromatic N) is 4. The first-order chi connectivity index (χ1) is 10.2. The van der Waals surface area contributed by atoms with E-state index in [-0.39, 0.29) is 17.9 Å². The van der Waals surface area contributed by atoms with E-state index < -0.39 is 0 Å². The van der Waals surface area contributed by atoms with E-state index in [1.165, 1.54) is 5.01 Å². The van der Waals surface area contributed by atoms with E-state index >= 15 is 0 Å². The summed E-state index contributed by atoms with van der Waals surface area (Å²) in [6.07, 6.45) is 6.23. The van der Waals surface area contributed by atoms with Gasteiger partial charge in [-0.3, -0.25) is 14.6 Å². The number of likely N-dealkylation sites (tertiary alicyclic amines) is 1. The smallest absolute Gasteiger partial charge is 0.270 e. The second-order valence-electron chi connectivity index (χ2n) is 5.40. The summed E-state index contributed by atoms with van der Waals surface area (Å²) in [4.78, 5) is 30.0. The zero-order valence-corrected chi connectivity index (χ0v) is 12.0. The molecule has 1 aromatic heterocycles. The van der Waals surface area contributed by atoms with Crippen molar-refractivity contribution in [3.63, 3.8) is 0 Å². The molecule has 0 radical (unpaired) electrons. The molecule has 1 saturated heterocycles. The van der Waals surface area contributed by atoms with Crippen LogP contribution < -0.4 is 0 Å². The molecular weight excluding hydrogens is 268 g/mol. The highest BCUT2D eigenvalue weighted by Gasteiger charge is 2.33. The highest BCUT2D eigenvalue weighted by atomic mass is 16.2. The average molecular weight is 286 g/mol. The number of hydrogen-bond acceptors (Lipinski definition) is 4. The van der Waals surface area contributed by atoms with Crippen LogP contribution in [-0.2, 0) is 9.59 Å². The Kier molecular flexibility index (Phi) is 3.68. The van der Waals surface area contributed by atoms with Crippen molar-refractivity contribution in [1.29, 1.82) is 0 Å². The Bertz CT molecular complexity index is 585. The maximum Gasteiger partial charge on any atom is 0.270 e. The zero-order valence-electron chi connectivity index (χ0n) is 12.0. The number of aromatic nitrogens is 1. The van der Waals surface area contributed by atoms with Crippen LogP contribution in [0, 0.1) is 0 Å². The standard InChI is InChI=1S/C15H18N4O2/c1-18-14(20)5-4-12(17-18)15(21)19-10-2-3-13(19)11-6-8-16-9-7-11/h6-9,13H,2-5,10H2,1H3. The Morgan fingerprint density at radius 1 is 1.29 bits per heavy atom. The van der Waals surface area contributed by atoms with E-state index in [1.54, 1.807) is 19.4 Å². The lowest BCUT2D eigenvalue weighted by molar-refractivity contribution is -0.130. The van der Waals surface area contributed by atoms with Gasteiger partial charge in [-0.1, -0.05) is 0 Å². The van der Waals surface area contributed by atoms with Gasteiger partial charge in [0.05, 0.1) is 6.04 Å². The number of pyridine rings is 1. The fourth-order valence-corrected chi connectivity index (χ4v) is 2.93. The predicted octanol–water partition coefficient (Wildman–Crippen LogP) is 1.35. The van der Waals surface area contributed by atoms with Gasteiger partial charge in [0.2, 0.25) is 5.91 Å². The van der Waals surface area contributed by atoms with Gasteiger partial charge in [0, 0.05) is 38.8 Å². The molecule has 3 heterocycles. The molecule has 110 valence electrons. The monoisotopic (exact) mass is 286 g/mol. The number of hydrazone groups is 1. The third kappa shape index (κ3) is 2.66. The van der Waals surface area contributed by atoms with Crippen molar-refractivity contribution in [2.45, 2.75) is 31.7 Å². The van der Waals surface area contributed by atoms with Gasteiger partial charge < -0.3 is 4.90 Å². The average Bonchev–Trinajstić information content (AvgIpc) is 2.99. The minimum Gasteiger partial charge on any atom is -0.330 e. The van der Waals surface area contributed by atoms with Crippen LogP contribution in [0.25, 0.3) is 0 Å². The van der Waals surface area contributed by atoms with Crippen molar-refractivity contribution < 1.29 is 9.59 Å². The summed E-state index contributed by atoms with van der Waals surface area (Å²) in [5.74, 6) is -0.0904. The zero-order chi connectivity index (χ0) is 14.8. The highest BCUT2D eigenvalue weighted by molar-refractivity contribution is 6.39. The Morgan fingerprint density at radius 3 is 2.76 bits per heavy atom. The van der Waals surface area contributed by atoms with Gasteiger partial charge in [0.1, 0.15) is 5.71 Å². The molecule has 1 fully saturated rings. The van der Waals surface area contributed by atoms with E-state index in [0.29, 0.717) is 18.6 Å². The normalized spacial score (nSPS) is 22.4. The van der Waals surface area contributed by atoms with Gasteiger partial charge >= 0.3 is 0 Å². The maximum atomic E-state index is 12.7. The lowest BCUT2D eigenvalue weighted by atomic mass is 10.1. The van der Waals surface area contributed by atoms with Crippen molar-refractivity contribution in [1.82, 2.24) is 14.9 Å². The first-order valence-corrected chi connectivity index (χ1v) is 7.22. The summed E-state index contributed by atoms with van der Waals surface area (Å²) < 4.78 is 0. The van der Waals surface area contributed by atoms with Gasteiger partial charge in [-0.2, -0.15) is 5.10 Å². The molecular formula is C15H18N4O2. The van der Waals surface area contributed by atoms with Crippen molar-refractivity contribution >= 4 is 17.5 Å². The number of amides is 2. The SMILES string of the molecule is CN1N=C(C(=O)N2CCCC2c2ccncc2)CCC1=O. The van der Waals surface area contributed by atoms with E-state index in [2.05, 4.69) is 10.1 Å². The van der Waals surface area contributed by atoms with Crippen LogP contribution in [0.15, 0.2) is 29.6 Å². The van der Waals surface area contributed by atoms with E-state index in [0.717, 1.165) is 24.9 Å². The molecule has 0 bridgehead atoms. The Balaban J connectivity index is 1.81. The Hall–Kier alpha value is -2.24. The quantitative estimate of drug-likeness (QED) is 0.824. The first kappa shape index (κ1) is 13.7. The van der Waals surface area contributed by atoms with Gasteiger partial charge in [-0.05, 0) is 30.5 Å². The molecule has 0 saturated carbocycles. The fourth-order valence-electron chi connectivity index (χ4n) is 2.93. The molecule has 1 unspecified atom stereocenters. The largest absolute Gasteiger partial charge is 0.330 e. The van der Waals surface area contributed by atoms with Crippen LogP contribution >= 0.6 is 0 Å². The van der Waals surface area contributed by atoms with Crippen LogP contribution in [0.4, 0.5) is 0 Å². The maximum absolute atomic E-state index is 12.7. The van der Waals surface area contributed by atoms with Crippen LogP contribution in [-0.4, -0.2) is 46.0 Å². The molecule has 0 aromatic carbocycles. The molecule has 2 amide bonds. The van der Waals surface area contributed by atoms with Gasteiger partial charge in [-0.25, -0.2) is 5.01 Å². The van der Waals surface area contributed by atoms with Crippen LogP contribution in [0.3, 0.4) is 0 Å². The van der Waals surface area contributed by atoms with Crippen LogP contribution in [0.1, 0.15) is 37.3 Å². The Labute approximate surface area is 123 Å². The van der Waals surface area contributed by atoms with E-state index in [9.17, 15) is 9.59 Å². The molecule has 6 heteroatoms. The fraction of sp³-hybridized carbons (Fsp3) is 0.467. The molecule has 3 rings (SSSR count). The number of hydrogen-bond donors (Lipinski definition) is 0. The lowest BCUT2D eigenvalue weighted by Crippen LogP contribution is -2.40. The van der Waals surface area contributed by atoms with Gasteiger partial charge in [0.15, 0.2) is 0 Å². The summed E-state index contributed by atoms with van der Waals surface area (Å²) in [6.45, 7) is 0.739. The van der Waals surface area contributed by atoms with Crippen LogP contribution in [0.2, 0.25) is 0 Å². The summed E-state index contributed by atoms with van der Waals surface area (Å²) in [7, 11) is 1.60. The predicted molar refractivity (Wildman–Crippen MR) is 77.4 cm³/mol. The molecule has 0 aliphatic carbocycles. The highest BCUT2D eigenvalue weighted by Crippen LogP contribution is 2.32. The van der Waals surface area contributed by atoms with Gasteiger partial charge in [0.25, 0.3) is 5.91 Å². The topological polar surface area (TPSA) is 65.9 Å². The Morgan fingerprint density at radius 2 is 2.05 bits per heavy atom. The minimum absolute atomic E-state index is 0.0429. The van der Waals surface area contributed by atoms with Gasteiger partial charge in [-0.15, -0.1) is 0 Å². The molecule has 0 spiro atoms. The number of rotatable bonds is 2. The molecule has 1 atom stereocenters. The molecule has 6 nitrogen and oxygen atoms in total. The summed E-state index contributed by atoms with van der Waals surface area (Å²) in [6, 6.07) is 3.99. The molecule has 2 aliphatic rings. The number of carbonyl (C=O) groups is 2. The van der Waals surface area contributed by atoms with E-state index in [1.807, 2.05) is 17.0 Å².